The molecule has 0 bridgehead atoms. The molecule has 0 unspecified atom stereocenters. The molecule has 0 aliphatic rings. The first kappa shape index (κ1) is 23.7. The van der Waals surface area contributed by atoms with Crippen LogP contribution in [0.3, 0.4) is 0 Å². The van der Waals surface area contributed by atoms with E-state index < -0.39 is 5.97 Å². The average molecular weight is 449 g/mol. The molecule has 0 amide bonds. The summed E-state index contributed by atoms with van der Waals surface area (Å²) >= 11 is 0. The number of rotatable bonds is 12. The zero-order valence-electron chi connectivity index (χ0n) is 18.8. The molecule has 33 heavy (non-hydrogen) atoms. The van der Waals surface area contributed by atoms with E-state index in [1.807, 2.05) is 62.4 Å². The lowest BCUT2D eigenvalue weighted by atomic mass is 10.1. The maximum absolute atomic E-state index is 11.0. The zero-order valence-corrected chi connectivity index (χ0v) is 18.8. The number of ether oxygens (including phenoxy) is 4. The lowest BCUT2D eigenvalue weighted by Gasteiger charge is -2.13. The number of aliphatic carboxylic acids is 1. The summed E-state index contributed by atoms with van der Waals surface area (Å²) in [6.07, 6.45) is 2.59. The van der Waals surface area contributed by atoms with Gasteiger partial charge in [0.25, 0.3) is 0 Å². The van der Waals surface area contributed by atoms with Gasteiger partial charge in [-0.15, -0.1) is 0 Å². The van der Waals surface area contributed by atoms with Crippen LogP contribution in [0.2, 0.25) is 0 Å². The molecular formula is C27H28O6. The van der Waals surface area contributed by atoms with Gasteiger partial charge in [0.05, 0.1) is 13.2 Å². The predicted octanol–water partition coefficient (Wildman–Crippen LogP) is 5.74. The van der Waals surface area contributed by atoms with Crippen LogP contribution in [0.25, 0.3) is 6.08 Å². The highest BCUT2D eigenvalue weighted by Gasteiger charge is 2.07. The summed E-state index contributed by atoms with van der Waals surface area (Å²) in [5.74, 6) is 1.75. The number of hydrogen-bond acceptors (Lipinski definition) is 5. The van der Waals surface area contributed by atoms with Gasteiger partial charge in [-0.3, -0.25) is 0 Å². The second-order valence-corrected chi connectivity index (χ2v) is 7.10. The highest BCUT2D eigenvalue weighted by molar-refractivity contribution is 5.86. The van der Waals surface area contributed by atoms with Gasteiger partial charge in [0, 0.05) is 17.7 Å². The minimum absolute atomic E-state index is 0.322. The first-order valence-electron chi connectivity index (χ1n) is 10.8. The molecule has 0 saturated carbocycles. The molecule has 6 nitrogen and oxygen atoms in total. The van der Waals surface area contributed by atoms with E-state index in [4.69, 9.17) is 24.1 Å². The maximum atomic E-state index is 11.0. The molecule has 0 spiro atoms. The van der Waals surface area contributed by atoms with Gasteiger partial charge in [-0.25, -0.2) is 4.79 Å². The van der Waals surface area contributed by atoms with Gasteiger partial charge in [-0.2, -0.15) is 0 Å². The number of hydrogen-bond donors (Lipinski definition) is 1. The van der Waals surface area contributed by atoms with Gasteiger partial charge in [0.2, 0.25) is 0 Å². The third kappa shape index (κ3) is 7.61. The first-order chi connectivity index (χ1) is 16.1. The molecule has 0 aliphatic heterocycles. The van der Waals surface area contributed by atoms with Crippen LogP contribution in [0.15, 0.2) is 72.8 Å². The summed E-state index contributed by atoms with van der Waals surface area (Å²) in [4.78, 5) is 11.0. The van der Waals surface area contributed by atoms with Gasteiger partial charge in [-0.1, -0.05) is 24.3 Å². The zero-order chi connectivity index (χ0) is 23.5. The summed E-state index contributed by atoms with van der Waals surface area (Å²) < 4.78 is 22.9. The van der Waals surface area contributed by atoms with Crippen molar-refractivity contribution in [1.82, 2.24) is 0 Å². The van der Waals surface area contributed by atoms with E-state index in [9.17, 15) is 4.79 Å². The van der Waals surface area contributed by atoms with E-state index in [1.54, 1.807) is 18.2 Å². The van der Waals surface area contributed by atoms with E-state index in [2.05, 4.69) is 0 Å². The Morgan fingerprint density at radius 2 is 1.24 bits per heavy atom. The molecule has 3 aromatic rings. The summed E-state index contributed by atoms with van der Waals surface area (Å²) in [6, 6.07) is 20.7. The third-order valence-electron chi connectivity index (χ3n) is 4.66. The van der Waals surface area contributed by atoms with Crippen LogP contribution in [-0.2, 0) is 18.0 Å². The molecule has 0 aliphatic carbocycles. The minimum Gasteiger partial charge on any atom is -0.494 e. The number of carbonyl (C=O) groups is 1. The monoisotopic (exact) mass is 448 g/mol. The standard InChI is InChI=1S/C27H28O6/c1-3-30-23-11-5-20(6-12-23)18-32-25-15-9-22(10-16-27(28)29)26(17-25)33-19-21-7-13-24(14-8-21)31-4-2/h5-17H,3-4,18-19H2,1-2H3,(H,28,29)/b16-10+. The summed E-state index contributed by atoms with van der Waals surface area (Å²) in [6.45, 7) is 5.82. The topological polar surface area (TPSA) is 74.2 Å². The molecule has 0 aromatic heterocycles. The second kappa shape index (κ2) is 12.2. The van der Waals surface area contributed by atoms with Gasteiger partial charge >= 0.3 is 5.97 Å². The highest BCUT2D eigenvalue weighted by atomic mass is 16.5. The van der Waals surface area contributed by atoms with Crippen molar-refractivity contribution in [2.45, 2.75) is 27.1 Å². The molecule has 0 heterocycles. The lowest BCUT2D eigenvalue weighted by Crippen LogP contribution is -2.00. The fraction of sp³-hybridized carbons (Fsp3) is 0.222. The van der Waals surface area contributed by atoms with Crippen LogP contribution in [0.5, 0.6) is 23.0 Å². The average Bonchev–Trinajstić information content (AvgIpc) is 2.83. The molecule has 3 aromatic carbocycles. The van der Waals surface area contributed by atoms with E-state index in [0.717, 1.165) is 28.7 Å². The number of carboxylic acids is 1. The molecular weight excluding hydrogens is 420 g/mol. The van der Waals surface area contributed by atoms with Crippen molar-refractivity contribution < 1.29 is 28.8 Å². The van der Waals surface area contributed by atoms with E-state index in [1.165, 1.54) is 6.08 Å². The van der Waals surface area contributed by atoms with Crippen molar-refractivity contribution in [3.63, 3.8) is 0 Å². The maximum Gasteiger partial charge on any atom is 0.328 e. The molecule has 0 radical (unpaired) electrons. The highest BCUT2D eigenvalue weighted by Crippen LogP contribution is 2.28. The Labute approximate surface area is 194 Å². The molecule has 0 saturated heterocycles. The van der Waals surface area contributed by atoms with E-state index in [-0.39, 0.29) is 0 Å². The van der Waals surface area contributed by atoms with Gasteiger partial charge in [-0.05, 0) is 67.4 Å². The Morgan fingerprint density at radius 1 is 0.727 bits per heavy atom. The minimum atomic E-state index is -1.02. The van der Waals surface area contributed by atoms with Crippen LogP contribution < -0.4 is 18.9 Å². The normalized spacial score (nSPS) is 10.7. The van der Waals surface area contributed by atoms with Gasteiger partial charge in [0.15, 0.2) is 0 Å². The predicted molar refractivity (Wildman–Crippen MR) is 127 cm³/mol. The Hall–Kier alpha value is -3.93. The van der Waals surface area contributed by atoms with Crippen LogP contribution in [0.1, 0.15) is 30.5 Å². The Morgan fingerprint density at radius 3 is 1.76 bits per heavy atom. The fourth-order valence-corrected chi connectivity index (χ4v) is 3.05. The van der Waals surface area contributed by atoms with Crippen molar-refractivity contribution >= 4 is 12.0 Å². The third-order valence-corrected chi connectivity index (χ3v) is 4.66. The Bertz CT molecular complexity index is 1050. The second-order valence-electron chi connectivity index (χ2n) is 7.10. The SMILES string of the molecule is CCOc1ccc(COc2ccc(/C=C/C(=O)O)c(OCc3ccc(OCC)cc3)c2)cc1. The van der Waals surface area contributed by atoms with Crippen molar-refractivity contribution in [3.05, 3.63) is 89.5 Å². The summed E-state index contributed by atoms with van der Waals surface area (Å²) in [5.41, 5.74) is 2.62. The largest absolute Gasteiger partial charge is 0.494 e. The number of benzene rings is 3. The quantitative estimate of drug-likeness (QED) is 0.356. The molecule has 0 atom stereocenters. The molecule has 6 heteroatoms. The van der Waals surface area contributed by atoms with Gasteiger partial charge < -0.3 is 24.1 Å². The van der Waals surface area contributed by atoms with Gasteiger partial charge in [0.1, 0.15) is 36.2 Å². The van der Waals surface area contributed by atoms with Crippen LogP contribution >= 0.6 is 0 Å². The molecule has 172 valence electrons. The summed E-state index contributed by atoms with van der Waals surface area (Å²) in [7, 11) is 0. The Kier molecular flexibility index (Phi) is 8.77. The smallest absolute Gasteiger partial charge is 0.328 e. The Balaban J connectivity index is 1.70. The van der Waals surface area contributed by atoms with Crippen molar-refractivity contribution in [2.24, 2.45) is 0 Å². The molecule has 3 rings (SSSR count). The first-order valence-corrected chi connectivity index (χ1v) is 10.8. The number of carboxylic acid groups (broad SMARTS) is 1. The summed E-state index contributed by atoms with van der Waals surface area (Å²) in [5, 5.41) is 8.99. The lowest BCUT2D eigenvalue weighted by molar-refractivity contribution is -0.131. The van der Waals surface area contributed by atoms with E-state index >= 15 is 0 Å². The van der Waals surface area contributed by atoms with Crippen molar-refractivity contribution in [1.29, 1.82) is 0 Å². The van der Waals surface area contributed by atoms with Crippen molar-refractivity contribution in [2.75, 3.05) is 13.2 Å². The van der Waals surface area contributed by atoms with E-state index in [0.29, 0.717) is 43.5 Å². The molecule has 1 N–H and O–H groups in total. The fourth-order valence-electron chi connectivity index (χ4n) is 3.05. The van der Waals surface area contributed by atoms with Crippen LogP contribution in [0, 0.1) is 0 Å². The van der Waals surface area contributed by atoms with Crippen LogP contribution in [-0.4, -0.2) is 24.3 Å². The molecule has 0 fully saturated rings. The van der Waals surface area contributed by atoms with Crippen LogP contribution in [0.4, 0.5) is 0 Å². The van der Waals surface area contributed by atoms with Crippen molar-refractivity contribution in [3.8, 4) is 23.0 Å².